The Labute approximate surface area is 187 Å². The fourth-order valence-electron chi connectivity index (χ4n) is 4.93. The molecule has 31 heavy (non-hydrogen) atoms. The van der Waals surface area contributed by atoms with Gasteiger partial charge in [-0.15, -0.1) is 0 Å². The van der Waals surface area contributed by atoms with Crippen LogP contribution in [0.3, 0.4) is 0 Å². The molecule has 1 aliphatic heterocycles. The number of benzene rings is 2. The second kappa shape index (κ2) is 9.38. The van der Waals surface area contributed by atoms with Crippen molar-refractivity contribution in [1.82, 2.24) is 4.90 Å². The lowest BCUT2D eigenvalue weighted by atomic mass is 9.88. The summed E-state index contributed by atoms with van der Waals surface area (Å²) in [4.78, 5) is 4.67. The van der Waals surface area contributed by atoms with Gasteiger partial charge in [-0.1, -0.05) is 64.3 Å². The van der Waals surface area contributed by atoms with Gasteiger partial charge in [0.05, 0.1) is 5.69 Å². The van der Waals surface area contributed by atoms with E-state index >= 15 is 0 Å². The number of hydrogen-bond acceptors (Lipinski definition) is 3. The SMILES string of the molecule is CCCCc1ccc2c(c1)oc1c(N3C=CN(C)[C@H]3C)c(C(CC)CCCC)ccc12. The van der Waals surface area contributed by atoms with Gasteiger partial charge in [0.15, 0.2) is 5.58 Å². The van der Waals surface area contributed by atoms with Crippen LogP contribution >= 0.6 is 0 Å². The van der Waals surface area contributed by atoms with Crippen molar-refractivity contribution in [2.75, 3.05) is 11.9 Å². The largest absolute Gasteiger partial charge is 0.454 e. The van der Waals surface area contributed by atoms with Crippen molar-refractivity contribution in [2.45, 2.75) is 84.7 Å². The molecule has 1 aromatic heterocycles. The molecule has 3 nitrogen and oxygen atoms in total. The van der Waals surface area contributed by atoms with E-state index in [4.69, 9.17) is 4.42 Å². The van der Waals surface area contributed by atoms with Crippen LogP contribution in [0.5, 0.6) is 0 Å². The second-order valence-corrected chi connectivity index (χ2v) is 9.17. The topological polar surface area (TPSA) is 19.6 Å². The van der Waals surface area contributed by atoms with Crippen LogP contribution in [0.1, 0.15) is 83.3 Å². The molecular formula is C28H38N2O. The monoisotopic (exact) mass is 418 g/mol. The molecule has 1 unspecified atom stereocenters. The van der Waals surface area contributed by atoms with Crippen LogP contribution in [-0.4, -0.2) is 18.1 Å². The molecule has 3 aromatic rings. The van der Waals surface area contributed by atoms with Crippen molar-refractivity contribution in [3.8, 4) is 0 Å². The normalized spacial score (nSPS) is 17.4. The molecule has 0 radical (unpaired) electrons. The number of fused-ring (bicyclic) bond motifs is 3. The molecule has 3 heteroatoms. The average Bonchev–Trinajstić information content (AvgIpc) is 3.32. The zero-order chi connectivity index (χ0) is 22.0. The summed E-state index contributed by atoms with van der Waals surface area (Å²) < 4.78 is 6.65. The van der Waals surface area contributed by atoms with E-state index in [1.165, 1.54) is 59.7 Å². The number of hydrogen-bond donors (Lipinski definition) is 0. The highest BCUT2D eigenvalue weighted by Crippen LogP contribution is 2.44. The van der Waals surface area contributed by atoms with Gasteiger partial charge in [-0.3, -0.25) is 0 Å². The maximum atomic E-state index is 6.65. The van der Waals surface area contributed by atoms with Crippen LogP contribution in [0.15, 0.2) is 47.1 Å². The van der Waals surface area contributed by atoms with Crippen LogP contribution in [-0.2, 0) is 6.42 Å². The van der Waals surface area contributed by atoms with Crippen LogP contribution < -0.4 is 4.90 Å². The standard InChI is InChI=1S/C28H38N2O/c1-6-9-11-21-13-14-24-25-16-15-23(22(8-3)12-10-7-2)27(28(25)31-26(24)19-21)30-18-17-29(5)20(30)4/h13-20,22H,6-12H2,1-5H3/t20-,22?/m1/s1. The third-order valence-electron chi connectivity index (χ3n) is 7.08. The van der Waals surface area contributed by atoms with E-state index in [0.29, 0.717) is 5.92 Å². The number of unbranched alkanes of at least 4 members (excludes halogenated alkanes) is 2. The van der Waals surface area contributed by atoms with Gasteiger partial charge in [0, 0.05) is 30.2 Å². The van der Waals surface area contributed by atoms with Crippen molar-refractivity contribution < 1.29 is 4.42 Å². The lowest BCUT2D eigenvalue weighted by molar-refractivity contribution is 0.382. The van der Waals surface area contributed by atoms with E-state index in [0.717, 1.165) is 24.0 Å². The summed E-state index contributed by atoms with van der Waals surface area (Å²) in [7, 11) is 2.15. The van der Waals surface area contributed by atoms with E-state index in [-0.39, 0.29) is 6.17 Å². The number of rotatable bonds is 9. The van der Waals surface area contributed by atoms with Gasteiger partial charge in [0.1, 0.15) is 11.7 Å². The van der Waals surface area contributed by atoms with Gasteiger partial charge in [-0.05, 0) is 55.7 Å². The summed E-state index contributed by atoms with van der Waals surface area (Å²) in [5, 5.41) is 2.46. The van der Waals surface area contributed by atoms with E-state index in [1.54, 1.807) is 0 Å². The molecule has 2 atom stereocenters. The Bertz CT molecular complexity index is 1060. The predicted molar refractivity (Wildman–Crippen MR) is 134 cm³/mol. The maximum absolute atomic E-state index is 6.65. The minimum atomic E-state index is 0.279. The smallest absolute Gasteiger partial charge is 0.159 e. The summed E-state index contributed by atoms with van der Waals surface area (Å²) in [5.41, 5.74) is 6.13. The average molecular weight is 419 g/mol. The van der Waals surface area contributed by atoms with Gasteiger partial charge in [0.25, 0.3) is 0 Å². The molecule has 0 bridgehead atoms. The van der Waals surface area contributed by atoms with Gasteiger partial charge < -0.3 is 14.2 Å². The molecule has 0 fully saturated rings. The Hall–Kier alpha value is -2.42. The molecule has 0 N–H and O–H groups in total. The van der Waals surface area contributed by atoms with E-state index < -0.39 is 0 Å². The Morgan fingerprint density at radius 3 is 2.42 bits per heavy atom. The van der Waals surface area contributed by atoms with Crippen LogP contribution in [0.25, 0.3) is 21.9 Å². The summed E-state index contributed by atoms with van der Waals surface area (Å²) in [6.45, 7) is 9.12. The highest BCUT2D eigenvalue weighted by molar-refractivity contribution is 6.10. The minimum absolute atomic E-state index is 0.279. The molecule has 166 valence electrons. The zero-order valence-electron chi connectivity index (χ0n) is 19.9. The molecule has 2 heterocycles. The quantitative estimate of drug-likeness (QED) is 0.349. The molecule has 4 rings (SSSR count). The van der Waals surface area contributed by atoms with Crippen LogP contribution in [0, 0.1) is 0 Å². The van der Waals surface area contributed by atoms with Crippen LogP contribution in [0.4, 0.5) is 5.69 Å². The molecular weight excluding hydrogens is 380 g/mol. The Kier molecular flexibility index (Phi) is 6.60. The lowest BCUT2D eigenvalue weighted by Gasteiger charge is -2.30. The number of furan rings is 1. The first kappa shape index (κ1) is 21.8. The van der Waals surface area contributed by atoms with Crippen LogP contribution in [0.2, 0.25) is 0 Å². The van der Waals surface area contributed by atoms with Crippen molar-refractivity contribution in [3.63, 3.8) is 0 Å². The van der Waals surface area contributed by atoms with Crippen molar-refractivity contribution in [1.29, 1.82) is 0 Å². The number of aryl methyl sites for hydroxylation is 1. The first-order chi connectivity index (χ1) is 15.1. The number of anilines is 1. The predicted octanol–water partition coefficient (Wildman–Crippen LogP) is 8.18. The van der Waals surface area contributed by atoms with Crippen molar-refractivity contribution in [3.05, 3.63) is 53.9 Å². The van der Waals surface area contributed by atoms with Gasteiger partial charge in [-0.2, -0.15) is 0 Å². The van der Waals surface area contributed by atoms with Crippen molar-refractivity contribution >= 4 is 27.6 Å². The summed E-state index contributed by atoms with van der Waals surface area (Å²) >= 11 is 0. The highest BCUT2D eigenvalue weighted by atomic mass is 16.3. The molecule has 1 aliphatic rings. The summed E-state index contributed by atoms with van der Waals surface area (Å²) in [6.07, 6.45) is 13.1. The van der Waals surface area contributed by atoms with Gasteiger partial charge >= 0.3 is 0 Å². The van der Waals surface area contributed by atoms with E-state index in [1.807, 2.05) is 0 Å². The zero-order valence-corrected chi connectivity index (χ0v) is 19.9. The molecule has 0 aliphatic carbocycles. The molecule has 0 saturated carbocycles. The minimum Gasteiger partial charge on any atom is -0.454 e. The fraction of sp³-hybridized carbons (Fsp3) is 0.500. The molecule has 0 amide bonds. The molecule has 0 saturated heterocycles. The first-order valence-electron chi connectivity index (χ1n) is 12.3. The maximum Gasteiger partial charge on any atom is 0.159 e. The fourth-order valence-corrected chi connectivity index (χ4v) is 4.93. The summed E-state index contributed by atoms with van der Waals surface area (Å²) in [6, 6.07) is 11.5. The molecule has 2 aromatic carbocycles. The van der Waals surface area contributed by atoms with E-state index in [9.17, 15) is 0 Å². The van der Waals surface area contributed by atoms with Gasteiger partial charge in [0.2, 0.25) is 0 Å². The summed E-state index contributed by atoms with van der Waals surface area (Å²) in [5.74, 6) is 0.555. The third kappa shape index (κ3) is 4.07. The van der Waals surface area contributed by atoms with E-state index in [2.05, 4.69) is 87.3 Å². The van der Waals surface area contributed by atoms with Crippen molar-refractivity contribution in [2.24, 2.45) is 0 Å². The third-order valence-corrected chi connectivity index (χ3v) is 7.08. The Morgan fingerprint density at radius 2 is 1.74 bits per heavy atom. The second-order valence-electron chi connectivity index (χ2n) is 9.17. The Balaban J connectivity index is 1.90. The Morgan fingerprint density at radius 1 is 0.968 bits per heavy atom. The highest BCUT2D eigenvalue weighted by Gasteiger charge is 2.28. The van der Waals surface area contributed by atoms with Gasteiger partial charge in [-0.25, -0.2) is 0 Å². The first-order valence-corrected chi connectivity index (χ1v) is 12.3. The molecule has 0 spiro atoms. The lowest BCUT2D eigenvalue weighted by Crippen LogP contribution is -2.34. The number of nitrogens with zero attached hydrogens (tertiary/aromatic N) is 2.